The Labute approximate surface area is 114 Å². The number of benzene rings is 1. The summed E-state index contributed by atoms with van der Waals surface area (Å²) >= 11 is 0. The third-order valence-electron chi connectivity index (χ3n) is 2.21. The van der Waals surface area contributed by atoms with E-state index < -0.39 is 23.7 Å². The van der Waals surface area contributed by atoms with Gasteiger partial charge in [-0.3, -0.25) is 0 Å². The zero-order valence-corrected chi connectivity index (χ0v) is 11.3. The molecule has 2 N–H and O–H groups in total. The molecule has 0 bridgehead atoms. The van der Waals surface area contributed by atoms with Gasteiger partial charge in [0.1, 0.15) is 11.6 Å². The van der Waals surface area contributed by atoms with Gasteiger partial charge >= 0.3 is 12.1 Å². The van der Waals surface area contributed by atoms with Gasteiger partial charge in [0.15, 0.2) is 1.41 Å². The number of hydrogen-bond donors (Lipinski definition) is 2. The number of carboxylic acid groups (broad SMARTS) is 1. The number of carboxylic acids is 1. The first-order valence-electron chi connectivity index (χ1n) is 6.43. The highest BCUT2D eigenvalue weighted by Gasteiger charge is 2.23. The van der Waals surface area contributed by atoms with Gasteiger partial charge in [0.2, 0.25) is 0 Å². The highest BCUT2D eigenvalue weighted by Crippen LogP contribution is 2.08. The van der Waals surface area contributed by atoms with E-state index in [4.69, 9.17) is 6.15 Å². The summed E-state index contributed by atoms with van der Waals surface area (Å²) in [5.41, 5.74) is -0.0349. The first kappa shape index (κ1) is 13.4. The summed E-state index contributed by atoms with van der Waals surface area (Å²) in [7, 11) is 0. The molecule has 0 heterocycles. The van der Waals surface area contributed by atoms with Crippen molar-refractivity contribution in [2.24, 2.45) is 0 Å². The molecule has 0 saturated heterocycles. The number of ether oxygens (including phenoxy) is 1. The van der Waals surface area contributed by atoms with Crippen molar-refractivity contribution in [3.05, 3.63) is 35.9 Å². The Balaban J connectivity index is 2.81. The lowest BCUT2D eigenvalue weighted by molar-refractivity contribution is -0.139. The summed E-state index contributed by atoms with van der Waals surface area (Å²) in [5, 5.41) is 9.56. The topological polar surface area (TPSA) is 75.6 Å². The van der Waals surface area contributed by atoms with E-state index in [-0.39, 0.29) is 6.42 Å². The molecule has 0 radical (unpaired) electrons. The lowest BCUT2D eigenvalue weighted by atomic mass is 10.1. The van der Waals surface area contributed by atoms with Crippen molar-refractivity contribution in [1.29, 1.82) is 0 Å². The van der Waals surface area contributed by atoms with Crippen LogP contribution in [-0.2, 0) is 16.0 Å². The third kappa shape index (κ3) is 5.90. The summed E-state index contributed by atoms with van der Waals surface area (Å²) < 4.78 is 12.7. The summed E-state index contributed by atoms with van der Waals surface area (Å²) in [6, 6.07) is 7.57. The standard InChI is InChI=1S/C14H19NO4/c1-14(2,3)19-13(18)15-11(12(16)17)9-10-7-5-4-6-8-10/h4-8,11H,9H2,1-3H3,(H,15,18)(H,16,17)/t11-/m0/s1/i/hD. The molecule has 0 aliphatic rings. The first-order chi connectivity index (χ1) is 9.20. The average Bonchev–Trinajstić information content (AvgIpc) is 2.34. The maximum atomic E-state index is 11.7. The van der Waals surface area contributed by atoms with Crippen LogP contribution >= 0.6 is 0 Å². The SMILES string of the molecule is [2H]N(C(=O)OC(C)(C)C)[C@@H](Cc1ccccc1)C(=O)O. The number of nitrogens with one attached hydrogen (secondary N) is 1. The summed E-state index contributed by atoms with van der Waals surface area (Å²) in [5.74, 6) is -1.24. The highest BCUT2D eigenvalue weighted by atomic mass is 16.6. The van der Waals surface area contributed by atoms with Gasteiger partial charge in [0.25, 0.3) is 0 Å². The molecule has 0 aromatic heterocycles. The van der Waals surface area contributed by atoms with Crippen LogP contribution in [-0.4, -0.2) is 28.8 Å². The van der Waals surface area contributed by atoms with Gasteiger partial charge in [-0.2, -0.15) is 0 Å². The molecular formula is C14H19NO4. The number of aliphatic carboxylic acids is 1. The molecule has 0 spiro atoms. The van der Waals surface area contributed by atoms with E-state index >= 15 is 0 Å². The van der Waals surface area contributed by atoms with Gasteiger partial charge < -0.3 is 15.2 Å². The quantitative estimate of drug-likeness (QED) is 0.876. The molecule has 19 heavy (non-hydrogen) atoms. The third-order valence-corrected chi connectivity index (χ3v) is 2.21. The zero-order valence-electron chi connectivity index (χ0n) is 12.3. The number of carbonyl (C=O) groups is 2. The van der Waals surface area contributed by atoms with Crippen LogP contribution < -0.4 is 5.31 Å². The molecule has 1 atom stereocenters. The fraction of sp³-hybridized carbons (Fsp3) is 0.429. The van der Waals surface area contributed by atoms with Crippen LogP contribution in [0.15, 0.2) is 30.3 Å². The van der Waals surface area contributed by atoms with Crippen LogP contribution in [0.5, 0.6) is 0 Å². The molecule has 0 aliphatic heterocycles. The van der Waals surface area contributed by atoms with Gasteiger partial charge in [-0.15, -0.1) is 0 Å². The molecule has 5 nitrogen and oxygen atoms in total. The van der Waals surface area contributed by atoms with Crippen molar-refractivity contribution in [2.45, 2.75) is 38.8 Å². The van der Waals surface area contributed by atoms with Crippen molar-refractivity contribution in [2.75, 3.05) is 0 Å². The molecule has 104 valence electrons. The van der Waals surface area contributed by atoms with E-state index in [0.29, 0.717) is 5.31 Å². The van der Waals surface area contributed by atoms with Crippen LogP contribution in [0.3, 0.4) is 0 Å². The van der Waals surface area contributed by atoms with Crippen LogP contribution in [0.25, 0.3) is 0 Å². The second-order valence-corrected chi connectivity index (χ2v) is 5.15. The predicted octanol–water partition coefficient (Wildman–Crippen LogP) is 2.21. The Morgan fingerprint density at radius 3 is 2.42 bits per heavy atom. The minimum atomic E-state index is -1.28. The predicted molar refractivity (Wildman–Crippen MR) is 70.9 cm³/mol. The lowest BCUT2D eigenvalue weighted by Crippen LogP contribution is -2.44. The van der Waals surface area contributed by atoms with Crippen LogP contribution in [0.1, 0.15) is 26.3 Å². The van der Waals surface area contributed by atoms with Crippen molar-refractivity contribution in [3.8, 4) is 0 Å². The average molecular weight is 266 g/mol. The van der Waals surface area contributed by atoms with E-state index in [1.54, 1.807) is 45.0 Å². The Kier molecular flexibility index (Phi) is 4.39. The number of hydrogen-bond acceptors (Lipinski definition) is 3. The summed E-state index contributed by atoms with van der Waals surface area (Å²) in [6.45, 7) is 4.98. The molecule has 0 saturated carbocycles. The van der Waals surface area contributed by atoms with Crippen LogP contribution in [0.2, 0.25) is 1.41 Å². The monoisotopic (exact) mass is 266 g/mol. The number of alkyl carbamates (subject to hydrolysis) is 1. The maximum Gasteiger partial charge on any atom is 0.408 e. The second-order valence-electron chi connectivity index (χ2n) is 5.15. The summed E-state index contributed by atoms with van der Waals surface area (Å²) in [4.78, 5) is 23.0. The molecule has 1 aromatic rings. The molecule has 0 aliphatic carbocycles. The minimum absolute atomic E-state index is 0.0545. The lowest BCUT2D eigenvalue weighted by Gasteiger charge is -2.22. The molecule has 1 aromatic carbocycles. The number of carbonyl (C=O) groups excluding carboxylic acids is 1. The van der Waals surface area contributed by atoms with Gasteiger partial charge in [-0.25, -0.2) is 9.59 Å². The van der Waals surface area contributed by atoms with Crippen molar-refractivity contribution in [3.63, 3.8) is 0 Å². The largest absolute Gasteiger partial charge is 0.480 e. The zero-order chi connectivity index (χ0) is 15.3. The van der Waals surface area contributed by atoms with Crippen LogP contribution in [0, 0.1) is 0 Å². The van der Waals surface area contributed by atoms with E-state index in [9.17, 15) is 14.7 Å². The Bertz CT molecular complexity index is 470. The van der Waals surface area contributed by atoms with Gasteiger partial charge in [0.05, 0.1) is 0 Å². The van der Waals surface area contributed by atoms with Gasteiger partial charge in [-0.1, -0.05) is 30.3 Å². The highest BCUT2D eigenvalue weighted by molar-refractivity contribution is 5.80. The van der Waals surface area contributed by atoms with Gasteiger partial charge in [-0.05, 0) is 26.3 Å². The van der Waals surface area contributed by atoms with E-state index in [1.807, 2.05) is 6.07 Å². The number of rotatable bonds is 4. The normalized spacial score (nSPS) is 13.3. The van der Waals surface area contributed by atoms with Crippen molar-refractivity contribution >= 4 is 12.1 Å². The smallest absolute Gasteiger partial charge is 0.408 e. The number of amides is 1. The fourth-order valence-corrected chi connectivity index (χ4v) is 1.44. The maximum absolute atomic E-state index is 11.7. The Morgan fingerprint density at radius 1 is 1.37 bits per heavy atom. The van der Waals surface area contributed by atoms with Gasteiger partial charge in [0, 0.05) is 6.42 Å². The molecular weight excluding hydrogens is 246 g/mol. The minimum Gasteiger partial charge on any atom is -0.480 e. The fourth-order valence-electron chi connectivity index (χ4n) is 1.44. The molecule has 5 heteroatoms. The molecule has 1 rings (SSSR count). The first-order valence-corrected chi connectivity index (χ1v) is 5.98. The van der Waals surface area contributed by atoms with Crippen molar-refractivity contribution in [1.82, 2.24) is 5.31 Å². The van der Waals surface area contributed by atoms with Crippen LogP contribution in [0.4, 0.5) is 4.79 Å². The Morgan fingerprint density at radius 2 is 1.95 bits per heavy atom. The Hall–Kier alpha value is -2.04. The van der Waals surface area contributed by atoms with E-state index in [2.05, 4.69) is 0 Å². The molecule has 0 unspecified atom stereocenters. The van der Waals surface area contributed by atoms with Crippen molar-refractivity contribution < 1.29 is 20.8 Å². The second kappa shape index (κ2) is 6.22. The molecule has 0 fully saturated rings. The van der Waals surface area contributed by atoms with E-state index in [0.717, 1.165) is 5.56 Å². The van der Waals surface area contributed by atoms with E-state index in [1.165, 1.54) is 0 Å². The summed E-state index contributed by atoms with van der Waals surface area (Å²) in [6.07, 6.45) is -0.917. The molecule has 1 amide bonds.